The summed E-state index contributed by atoms with van der Waals surface area (Å²) < 4.78 is 13.0. The van der Waals surface area contributed by atoms with Crippen LogP contribution in [0.3, 0.4) is 0 Å². The molecule has 8 heteroatoms. The molecule has 0 bridgehead atoms. The van der Waals surface area contributed by atoms with E-state index in [1.54, 1.807) is 7.11 Å². The van der Waals surface area contributed by atoms with E-state index < -0.39 is 0 Å². The number of nitrogens with zero attached hydrogens (tertiary/aromatic N) is 2. The molecule has 0 saturated carbocycles. The predicted octanol–water partition coefficient (Wildman–Crippen LogP) is 2.58. The second-order valence-electron chi connectivity index (χ2n) is 5.88. The molecule has 2 rings (SSSR count). The number of halogens is 2. The molecule has 1 aliphatic rings. The van der Waals surface area contributed by atoms with E-state index in [0.29, 0.717) is 23.3 Å². The quantitative estimate of drug-likeness (QED) is 0.591. The Kier molecular flexibility index (Phi) is 7.22. The van der Waals surface area contributed by atoms with Crippen molar-refractivity contribution in [3.8, 4) is 0 Å². The minimum atomic E-state index is -0.202. The van der Waals surface area contributed by atoms with Crippen molar-refractivity contribution in [3.05, 3.63) is 21.9 Å². The van der Waals surface area contributed by atoms with Gasteiger partial charge in [0.05, 0.1) is 17.2 Å². The van der Waals surface area contributed by atoms with Crippen LogP contribution in [0.2, 0.25) is 10.2 Å². The molecule has 2 heterocycles. The molecular weight excluding hydrogens is 351 g/mol. The topological polar surface area (TPSA) is 59.8 Å². The SMILES string of the molecule is CCNC(=NCc1cc(Cl)c(Cl)n1C)NCC1(OC)CCOCC1. The number of nitrogens with one attached hydrogen (secondary N) is 2. The lowest BCUT2D eigenvalue weighted by atomic mass is 9.94. The maximum atomic E-state index is 6.10. The summed E-state index contributed by atoms with van der Waals surface area (Å²) in [5, 5.41) is 7.70. The van der Waals surface area contributed by atoms with Gasteiger partial charge in [-0.3, -0.25) is 0 Å². The van der Waals surface area contributed by atoms with E-state index in [0.717, 1.165) is 44.3 Å². The third-order valence-electron chi connectivity index (χ3n) is 4.37. The van der Waals surface area contributed by atoms with Crippen molar-refractivity contribution in [2.24, 2.45) is 12.0 Å². The van der Waals surface area contributed by atoms with Gasteiger partial charge in [-0.05, 0) is 13.0 Å². The Bertz CT molecular complexity index is 569. The van der Waals surface area contributed by atoms with Gasteiger partial charge in [0.15, 0.2) is 5.96 Å². The lowest BCUT2D eigenvalue weighted by Crippen LogP contribution is -2.50. The van der Waals surface area contributed by atoms with Crippen molar-refractivity contribution < 1.29 is 9.47 Å². The average Bonchev–Trinajstić information content (AvgIpc) is 2.85. The van der Waals surface area contributed by atoms with Crippen LogP contribution in [0.4, 0.5) is 0 Å². The molecule has 1 aromatic rings. The Morgan fingerprint density at radius 3 is 2.62 bits per heavy atom. The molecule has 1 fully saturated rings. The van der Waals surface area contributed by atoms with Gasteiger partial charge in [0, 0.05) is 59.0 Å². The van der Waals surface area contributed by atoms with Crippen LogP contribution in [0.1, 0.15) is 25.5 Å². The molecule has 0 amide bonds. The van der Waals surface area contributed by atoms with Crippen LogP contribution >= 0.6 is 23.2 Å². The Balaban J connectivity index is 2.01. The highest BCUT2D eigenvalue weighted by Crippen LogP contribution is 2.25. The molecule has 0 unspecified atom stereocenters. The van der Waals surface area contributed by atoms with Gasteiger partial charge in [-0.25, -0.2) is 4.99 Å². The molecule has 0 atom stereocenters. The summed E-state index contributed by atoms with van der Waals surface area (Å²) in [6.07, 6.45) is 1.75. The van der Waals surface area contributed by atoms with E-state index in [2.05, 4.69) is 15.6 Å². The fraction of sp³-hybridized carbons (Fsp3) is 0.688. The highest BCUT2D eigenvalue weighted by Gasteiger charge is 2.32. The van der Waals surface area contributed by atoms with E-state index in [1.807, 2.05) is 24.6 Å². The largest absolute Gasteiger partial charge is 0.381 e. The van der Waals surface area contributed by atoms with Crippen molar-refractivity contribution in [1.29, 1.82) is 0 Å². The van der Waals surface area contributed by atoms with Gasteiger partial charge in [-0.2, -0.15) is 0 Å². The first-order valence-corrected chi connectivity index (χ1v) is 8.91. The monoisotopic (exact) mass is 376 g/mol. The van der Waals surface area contributed by atoms with Gasteiger partial charge >= 0.3 is 0 Å². The predicted molar refractivity (Wildman–Crippen MR) is 98.0 cm³/mol. The zero-order chi connectivity index (χ0) is 17.6. The number of hydrogen-bond donors (Lipinski definition) is 2. The van der Waals surface area contributed by atoms with E-state index in [1.165, 1.54) is 0 Å². The summed E-state index contributed by atoms with van der Waals surface area (Å²) in [7, 11) is 3.63. The summed E-state index contributed by atoms with van der Waals surface area (Å²) in [5.41, 5.74) is 0.751. The highest BCUT2D eigenvalue weighted by molar-refractivity contribution is 6.41. The van der Waals surface area contributed by atoms with E-state index in [9.17, 15) is 0 Å². The molecule has 1 saturated heterocycles. The first-order valence-electron chi connectivity index (χ1n) is 8.16. The smallest absolute Gasteiger partial charge is 0.191 e. The van der Waals surface area contributed by atoms with Crippen molar-refractivity contribution in [3.63, 3.8) is 0 Å². The van der Waals surface area contributed by atoms with Gasteiger partial charge in [0.25, 0.3) is 0 Å². The summed E-state index contributed by atoms with van der Waals surface area (Å²) in [6.45, 7) is 5.44. The van der Waals surface area contributed by atoms with Crippen molar-refractivity contribution in [2.45, 2.75) is 31.9 Å². The molecule has 24 heavy (non-hydrogen) atoms. The zero-order valence-electron chi connectivity index (χ0n) is 14.5. The van der Waals surface area contributed by atoms with Gasteiger partial charge in [0.1, 0.15) is 5.15 Å². The minimum absolute atomic E-state index is 0.202. The second-order valence-corrected chi connectivity index (χ2v) is 6.65. The van der Waals surface area contributed by atoms with Gasteiger partial charge in [-0.15, -0.1) is 0 Å². The Morgan fingerprint density at radius 2 is 2.08 bits per heavy atom. The van der Waals surface area contributed by atoms with Crippen LogP contribution < -0.4 is 10.6 Å². The number of hydrogen-bond acceptors (Lipinski definition) is 3. The molecule has 0 spiro atoms. The summed E-state index contributed by atoms with van der Waals surface area (Å²) in [6, 6.07) is 1.84. The number of ether oxygens (including phenoxy) is 2. The second kappa shape index (κ2) is 8.94. The van der Waals surface area contributed by atoms with Crippen LogP contribution in [-0.4, -0.2) is 49.5 Å². The molecule has 1 aromatic heterocycles. The fourth-order valence-corrected chi connectivity index (χ4v) is 3.10. The number of aromatic nitrogens is 1. The Morgan fingerprint density at radius 1 is 1.38 bits per heavy atom. The molecule has 0 aromatic carbocycles. The van der Waals surface area contributed by atoms with Gasteiger partial charge < -0.3 is 24.7 Å². The lowest BCUT2D eigenvalue weighted by Gasteiger charge is -2.36. The maximum absolute atomic E-state index is 6.10. The molecule has 0 aliphatic carbocycles. The van der Waals surface area contributed by atoms with Crippen molar-refractivity contribution in [1.82, 2.24) is 15.2 Å². The van der Waals surface area contributed by atoms with Crippen LogP contribution in [0, 0.1) is 0 Å². The summed E-state index contributed by atoms with van der Waals surface area (Å²) >= 11 is 12.1. The van der Waals surface area contributed by atoms with Crippen molar-refractivity contribution in [2.75, 3.05) is 33.4 Å². The Hall–Kier alpha value is -0.950. The lowest BCUT2D eigenvalue weighted by molar-refractivity contribution is -0.0855. The molecule has 6 nitrogen and oxygen atoms in total. The van der Waals surface area contributed by atoms with Crippen LogP contribution in [0.25, 0.3) is 0 Å². The van der Waals surface area contributed by atoms with Crippen LogP contribution in [-0.2, 0) is 23.1 Å². The Labute approximate surface area is 153 Å². The normalized spacial score (nSPS) is 17.8. The van der Waals surface area contributed by atoms with E-state index in [4.69, 9.17) is 32.7 Å². The number of rotatable bonds is 6. The third-order valence-corrected chi connectivity index (χ3v) is 5.22. The summed E-state index contributed by atoms with van der Waals surface area (Å²) in [5.74, 6) is 0.744. The van der Waals surface area contributed by atoms with Crippen LogP contribution in [0.15, 0.2) is 11.1 Å². The van der Waals surface area contributed by atoms with E-state index >= 15 is 0 Å². The highest BCUT2D eigenvalue weighted by atomic mass is 35.5. The number of guanidine groups is 1. The summed E-state index contributed by atoms with van der Waals surface area (Å²) in [4.78, 5) is 4.62. The molecule has 1 aliphatic heterocycles. The number of aliphatic imine (C=N–C) groups is 1. The maximum Gasteiger partial charge on any atom is 0.191 e. The molecule has 2 N–H and O–H groups in total. The first-order chi connectivity index (χ1) is 11.5. The standard InChI is InChI=1S/C16H26Cl2N4O2/c1-4-19-15(20-10-12-9-13(17)14(18)22(12)2)21-11-16(23-3)5-7-24-8-6-16/h9H,4-8,10-11H2,1-3H3,(H2,19,20,21). The van der Waals surface area contributed by atoms with E-state index in [-0.39, 0.29) is 5.60 Å². The first kappa shape index (κ1) is 19.4. The van der Waals surface area contributed by atoms with Crippen LogP contribution in [0.5, 0.6) is 0 Å². The van der Waals surface area contributed by atoms with Crippen molar-refractivity contribution >= 4 is 29.2 Å². The third kappa shape index (κ3) is 4.79. The molecule has 0 radical (unpaired) electrons. The average molecular weight is 377 g/mol. The molecule has 136 valence electrons. The van der Waals surface area contributed by atoms with Gasteiger partial charge in [0.2, 0.25) is 0 Å². The number of methoxy groups -OCH3 is 1. The van der Waals surface area contributed by atoms with Gasteiger partial charge in [-0.1, -0.05) is 23.2 Å². The minimum Gasteiger partial charge on any atom is -0.381 e. The zero-order valence-corrected chi connectivity index (χ0v) is 16.0. The molecular formula is C16H26Cl2N4O2. The fourth-order valence-electron chi connectivity index (χ4n) is 2.68.